The molecule has 1 aliphatic rings. The molecule has 0 saturated carbocycles. The predicted octanol–water partition coefficient (Wildman–Crippen LogP) is 2.13. The molecule has 0 radical (unpaired) electrons. The average molecular weight is 456 g/mol. The van der Waals surface area contributed by atoms with Gasteiger partial charge in [-0.1, -0.05) is 27.5 Å². The Kier molecular flexibility index (Phi) is 10.5. The summed E-state index contributed by atoms with van der Waals surface area (Å²) >= 11 is 9.23. The normalized spacial score (nSPS) is 15.7. The first-order valence-corrected chi connectivity index (χ1v) is 9.02. The van der Waals surface area contributed by atoms with Crippen LogP contribution < -0.4 is 10.0 Å². The molecule has 1 aliphatic heterocycles. The van der Waals surface area contributed by atoms with Crippen molar-refractivity contribution in [1.29, 1.82) is 0 Å². The van der Waals surface area contributed by atoms with Crippen LogP contribution in [0.1, 0.15) is 0 Å². The lowest BCUT2D eigenvalue weighted by molar-refractivity contribution is 0.245. The average Bonchev–Trinajstić information content (AvgIpc) is 2.39. The number of rotatable bonds is 5. The molecule has 0 aromatic heterocycles. The highest BCUT2D eigenvalue weighted by Gasteiger charge is 2.18. The third-order valence-corrected chi connectivity index (χ3v) is 5.55. The Balaban J connectivity index is 0.00000220. The van der Waals surface area contributed by atoms with Gasteiger partial charge in [0, 0.05) is 43.7 Å². The Bertz CT molecular complexity index is 569. The van der Waals surface area contributed by atoms with Gasteiger partial charge in [-0.05, 0) is 18.2 Å². The molecule has 10 heteroatoms. The number of hydrogen-bond acceptors (Lipinski definition) is 4. The summed E-state index contributed by atoms with van der Waals surface area (Å²) in [6.45, 7) is 4.88. The maximum Gasteiger partial charge on any atom is 0.242 e. The molecule has 0 atom stereocenters. The van der Waals surface area contributed by atoms with Gasteiger partial charge < -0.3 is 5.32 Å². The summed E-state index contributed by atoms with van der Waals surface area (Å²) in [7, 11) is -3.55. The molecule has 1 saturated heterocycles. The van der Waals surface area contributed by atoms with Crippen molar-refractivity contribution < 1.29 is 8.42 Å². The molecule has 0 aliphatic carbocycles. The van der Waals surface area contributed by atoms with Crippen LogP contribution in [0.15, 0.2) is 27.6 Å². The molecule has 1 heterocycles. The van der Waals surface area contributed by atoms with Crippen LogP contribution in [0, 0.1) is 0 Å². The third kappa shape index (κ3) is 6.49. The fourth-order valence-electron chi connectivity index (χ4n) is 2.04. The lowest BCUT2D eigenvalue weighted by Gasteiger charge is -2.27. The molecule has 5 nitrogen and oxygen atoms in total. The lowest BCUT2D eigenvalue weighted by Crippen LogP contribution is -2.46. The Labute approximate surface area is 157 Å². The van der Waals surface area contributed by atoms with Gasteiger partial charge in [-0.3, -0.25) is 4.90 Å². The summed E-state index contributed by atoms with van der Waals surface area (Å²) in [4.78, 5) is 2.34. The smallest absolute Gasteiger partial charge is 0.242 e. The van der Waals surface area contributed by atoms with Gasteiger partial charge in [0.15, 0.2) is 0 Å². The van der Waals surface area contributed by atoms with E-state index in [1.807, 2.05) is 0 Å². The van der Waals surface area contributed by atoms with Crippen molar-refractivity contribution in [3.8, 4) is 0 Å². The fraction of sp³-hybridized carbons (Fsp3) is 0.500. The van der Waals surface area contributed by atoms with E-state index < -0.39 is 10.0 Å². The summed E-state index contributed by atoms with van der Waals surface area (Å²) in [5.74, 6) is 0. The van der Waals surface area contributed by atoms with Gasteiger partial charge in [0.25, 0.3) is 0 Å². The topological polar surface area (TPSA) is 61.4 Å². The van der Waals surface area contributed by atoms with E-state index in [0.29, 0.717) is 13.1 Å². The van der Waals surface area contributed by atoms with Crippen molar-refractivity contribution in [3.63, 3.8) is 0 Å². The second kappa shape index (κ2) is 10.3. The number of halogens is 4. The Morgan fingerprint density at radius 2 is 1.91 bits per heavy atom. The van der Waals surface area contributed by atoms with Crippen molar-refractivity contribution in [2.75, 3.05) is 39.3 Å². The highest BCUT2D eigenvalue weighted by atomic mass is 79.9. The second-order valence-corrected chi connectivity index (χ2v) is 7.62. The van der Waals surface area contributed by atoms with Crippen LogP contribution >= 0.6 is 52.3 Å². The molecule has 0 amide bonds. The first kappa shape index (κ1) is 22.4. The minimum atomic E-state index is -3.55. The van der Waals surface area contributed by atoms with Crippen molar-refractivity contribution >= 4 is 62.4 Å². The van der Waals surface area contributed by atoms with E-state index in [2.05, 4.69) is 30.9 Å². The lowest BCUT2D eigenvalue weighted by atomic mass is 10.3. The molecule has 2 rings (SSSR count). The molecular formula is C12H19BrCl3N3O2S. The van der Waals surface area contributed by atoms with Crippen LogP contribution in [0.5, 0.6) is 0 Å². The standard InChI is InChI=1S/C12H17BrClN3O2S.2ClH/c13-10-1-2-12(11(14)9-10)20(18,19)16-5-8-17-6-3-15-4-7-17;;/h1-2,9,15-16H,3-8H2;2*1H. The van der Waals surface area contributed by atoms with E-state index in [1.165, 1.54) is 6.07 Å². The summed E-state index contributed by atoms with van der Waals surface area (Å²) < 4.78 is 27.7. The zero-order valence-corrected chi connectivity index (χ0v) is 16.5. The zero-order valence-electron chi connectivity index (χ0n) is 11.7. The molecule has 0 spiro atoms. The van der Waals surface area contributed by atoms with Gasteiger partial charge >= 0.3 is 0 Å². The largest absolute Gasteiger partial charge is 0.314 e. The van der Waals surface area contributed by atoms with Crippen molar-refractivity contribution in [3.05, 3.63) is 27.7 Å². The number of sulfonamides is 1. The van der Waals surface area contributed by atoms with Crippen LogP contribution in [-0.4, -0.2) is 52.6 Å². The molecule has 128 valence electrons. The molecule has 2 N–H and O–H groups in total. The molecule has 1 aromatic rings. The molecular weight excluding hydrogens is 436 g/mol. The predicted molar refractivity (Wildman–Crippen MR) is 98.1 cm³/mol. The van der Waals surface area contributed by atoms with E-state index in [9.17, 15) is 8.42 Å². The number of hydrogen-bond donors (Lipinski definition) is 2. The van der Waals surface area contributed by atoms with Gasteiger partial charge in [-0.15, -0.1) is 24.8 Å². The third-order valence-electron chi connectivity index (χ3n) is 3.11. The fourth-order valence-corrected chi connectivity index (χ4v) is 4.10. The van der Waals surface area contributed by atoms with Gasteiger partial charge in [-0.25, -0.2) is 13.1 Å². The van der Waals surface area contributed by atoms with Gasteiger partial charge in [0.2, 0.25) is 10.0 Å². The minimum absolute atomic E-state index is 0. The highest BCUT2D eigenvalue weighted by molar-refractivity contribution is 9.10. The van der Waals surface area contributed by atoms with Crippen molar-refractivity contribution in [2.24, 2.45) is 0 Å². The number of piperazine rings is 1. The van der Waals surface area contributed by atoms with Crippen molar-refractivity contribution in [1.82, 2.24) is 14.9 Å². The van der Waals surface area contributed by atoms with Crippen LogP contribution in [0.4, 0.5) is 0 Å². The molecule has 0 unspecified atom stereocenters. The summed E-state index contributed by atoms with van der Waals surface area (Å²) in [5, 5.41) is 3.47. The zero-order chi connectivity index (χ0) is 14.6. The van der Waals surface area contributed by atoms with Crippen LogP contribution in [-0.2, 0) is 10.0 Å². The van der Waals surface area contributed by atoms with Crippen LogP contribution in [0.2, 0.25) is 5.02 Å². The number of nitrogens with one attached hydrogen (secondary N) is 2. The SMILES string of the molecule is Cl.Cl.O=S(=O)(NCCN1CCNCC1)c1ccc(Br)cc1Cl. The number of nitrogens with zero attached hydrogens (tertiary/aromatic N) is 1. The van der Waals surface area contributed by atoms with E-state index in [-0.39, 0.29) is 34.7 Å². The first-order chi connectivity index (χ1) is 9.49. The van der Waals surface area contributed by atoms with E-state index in [4.69, 9.17) is 11.6 Å². The Hall–Kier alpha value is 0.400. The quantitative estimate of drug-likeness (QED) is 0.714. The van der Waals surface area contributed by atoms with Gasteiger partial charge in [0.1, 0.15) is 4.90 Å². The Morgan fingerprint density at radius 3 is 2.50 bits per heavy atom. The van der Waals surface area contributed by atoms with E-state index in [1.54, 1.807) is 12.1 Å². The van der Waals surface area contributed by atoms with E-state index >= 15 is 0 Å². The number of benzene rings is 1. The molecule has 22 heavy (non-hydrogen) atoms. The highest BCUT2D eigenvalue weighted by Crippen LogP contribution is 2.24. The monoisotopic (exact) mass is 453 g/mol. The maximum absolute atomic E-state index is 12.2. The van der Waals surface area contributed by atoms with E-state index in [0.717, 1.165) is 30.7 Å². The van der Waals surface area contributed by atoms with Crippen molar-refractivity contribution in [2.45, 2.75) is 4.90 Å². The van der Waals surface area contributed by atoms with Gasteiger partial charge in [-0.2, -0.15) is 0 Å². The van der Waals surface area contributed by atoms with Gasteiger partial charge in [0.05, 0.1) is 5.02 Å². The Morgan fingerprint density at radius 1 is 1.27 bits per heavy atom. The minimum Gasteiger partial charge on any atom is -0.314 e. The maximum atomic E-state index is 12.2. The second-order valence-electron chi connectivity index (χ2n) is 4.56. The summed E-state index contributed by atoms with van der Waals surface area (Å²) in [6.07, 6.45) is 0. The molecule has 1 fully saturated rings. The first-order valence-electron chi connectivity index (χ1n) is 6.37. The summed E-state index contributed by atoms with van der Waals surface area (Å²) in [6, 6.07) is 4.74. The summed E-state index contributed by atoms with van der Waals surface area (Å²) in [5.41, 5.74) is 0. The van der Waals surface area contributed by atoms with Crippen LogP contribution in [0.3, 0.4) is 0 Å². The molecule has 0 bridgehead atoms. The van der Waals surface area contributed by atoms with Crippen LogP contribution in [0.25, 0.3) is 0 Å². The molecule has 1 aromatic carbocycles.